The van der Waals surface area contributed by atoms with E-state index in [1.807, 2.05) is 59.3 Å². The molecule has 1 N–H and O–H groups in total. The molecule has 0 radical (unpaired) electrons. The lowest BCUT2D eigenvalue weighted by Gasteiger charge is -2.08. The Morgan fingerprint density at radius 2 is 1.93 bits per heavy atom. The highest BCUT2D eigenvalue weighted by molar-refractivity contribution is 5.89. The summed E-state index contributed by atoms with van der Waals surface area (Å²) < 4.78 is 7.30. The lowest BCUT2D eigenvalue weighted by atomic mass is 10.1. The van der Waals surface area contributed by atoms with Crippen LogP contribution in [0.2, 0.25) is 0 Å². The first-order valence-electron chi connectivity index (χ1n) is 8.48. The summed E-state index contributed by atoms with van der Waals surface area (Å²) in [7, 11) is 1.63. The van der Waals surface area contributed by atoms with Gasteiger partial charge >= 0.3 is 0 Å². The van der Waals surface area contributed by atoms with Gasteiger partial charge in [-0.2, -0.15) is 0 Å². The normalized spacial score (nSPS) is 10.7. The molecule has 1 aromatic carbocycles. The van der Waals surface area contributed by atoms with Crippen molar-refractivity contribution in [3.63, 3.8) is 0 Å². The van der Waals surface area contributed by atoms with E-state index in [1.54, 1.807) is 19.5 Å². The van der Waals surface area contributed by atoms with E-state index in [9.17, 15) is 4.79 Å². The van der Waals surface area contributed by atoms with Gasteiger partial charge in [0.2, 0.25) is 5.91 Å². The van der Waals surface area contributed by atoms with Crippen molar-refractivity contribution in [2.75, 3.05) is 12.4 Å². The van der Waals surface area contributed by atoms with Crippen molar-refractivity contribution >= 4 is 17.2 Å². The van der Waals surface area contributed by atoms with Gasteiger partial charge < -0.3 is 10.1 Å². The molecule has 4 rings (SSSR count). The molecule has 0 saturated carbocycles. The van der Waals surface area contributed by atoms with Gasteiger partial charge in [0.25, 0.3) is 0 Å². The standard InChI is InChI=1S/C21H18N4O2/c1-14(26)24-18-5-3-4-15(8-18)20-12-23-21-7-6-16(13-25(20)21)17-9-19(27-2)11-22-10-17/h3-13H,1-2H3,(H,24,26). The van der Waals surface area contributed by atoms with Crippen LogP contribution < -0.4 is 10.1 Å². The molecule has 0 aliphatic heterocycles. The fourth-order valence-corrected chi connectivity index (χ4v) is 3.01. The van der Waals surface area contributed by atoms with Gasteiger partial charge in [-0.25, -0.2) is 4.98 Å². The second-order valence-corrected chi connectivity index (χ2v) is 6.16. The Bertz CT molecular complexity index is 1130. The summed E-state index contributed by atoms with van der Waals surface area (Å²) in [4.78, 5) is 20.1. The van der Waals surface area contributed by atoms with Crippen molar-refractivity contribution in [1.82, 2.24) is 14.4 Å². The van der Waals surface area contributed by atoms with Crippen molar-refractivity contribution in [3.8, 4) is 28.1 Å². The molecule has 6 heteroatoms. The minimum Gasteiger partial charge on any atom is -0.495 e. The monoisotopic (exact) mass is 358 g/mol. The highest BCUT2D eigenvalue weighted by Gasteiger charge is 2.09. The van der Waals surface area contributed by atoms with Crippen LogP contribution in [0.3, 0.4) is 0 Å². The summed E-state index contributed by atoms with van der Waals surface area (Å²) in [5, 5.41) is 2.81. The second kappa shape index (κ2) is 6.92. The highest BCUT2D eigenvalue weighted by atomic mass is 16.5. The van der Waals surface area contributed by atoms with Gasteiger partial charge in [-0.15, -0.1) is 0 Å². The van der Waals surface area contributed by atoms with E-state index in [4.69, 9.17) is 4.74 Å². The number of rotatable bonds is 4. The van der Waals surface area contributed by atoms with Gasteiger partial charge in [-0.05, 0) is 30.3 Å². The summed E-state index contributed by atoms with van der Waals surface area (Å²) >= 11 is 0. The molecule has 6 nitrogen and oxygen atoms in total. The van der Waals surface area contributed by atoms with Crippen molar-refractivity contribution in [3.05, 3.63) is 67.3 Å². The van der Waals surface area contributed by atoms with E-state index in [0.717, 1.165) is 33.7 Å². The zero-order valence-corrected chi connectivity index (χ0v) is 15.0. The average Bonchev–Trinajstić information content (AvgIpc) is 3.11. The van der Waals surface area contributed by atoms with Crippen LogP contribution in [-0.2, 0) is 4.79 Å². The van der Waals surface area contributed by atoms with Gasteiger partial charge in [0.05, 0.1) is 25.2 Å². The summed E-state index contributed by atoms with van der Waals surface area (Å²) in [5.41, 5.74) is 5.47. The number of carbonyl (C=O) groups excluding carboxylic acids is 1. The van der Waals surface area contributed by atoms with E-state index in [1.165, 1.54) is 6.92 Å². The fourth-order valence-electron chi connectivity index (χ4n) is 3.01. The maximum absolute atomic E-state index is 11.3. The molecule has 0 spiro atoms. The molecule has 3 heterocycles. The van der Waals surface area contributed by atoms with Gasteiger partial charge in [0.15, 0.2) is 0 Å². The van der Waals surface area contributed by atoms with Crippen LogP contribution in [0.1, 0.15) is 6.92 Å². The summed E-state index contributed by atoms with van der Waals surface area (Å²) in [6.07, 6.45) is 7.34. The molecule has 27 heavy (non-hydrogen) atoms. The van der Waals surface area contributed by atoms with E-state index in [2.05, 4.69) is 15.3 Å². The van der Waals surface area contributed by atoms with Crippen LogP contribution in [0.25, 0.3) is 28.0 Å². The predicted octanol–water partition coefficient (Wildman–Crippen LogP) is 4.03. The van der Waals surface area contributed by atoms with Crippen molar-refractivity contribution in [1.29, 1.82) is 0 Å². The van der Waals surface area contributed by atoms with Crippen LogP contribution in [0, 0.1) is 0 Å². The van der Waals surface area contributed by atoms with Crippen LogP contribution in [0.5, 0.6) is 5.75 Å². The van der Waals surface area contributed by atoms with Crippen LogP contribution in [-0.4, -0.2) is 27.4 Å². The number of hydrogen-bond acceptors (Lipinski definition) is 4. The average molecular weight is 358 g/mol. The molecule has 0 bridgehead atoms. The lowest BCUT2D eigenvalue weighted by Crippen LogP contribution is -2.05. The number of imidazole rings is 1. The predicted molar refractivity (Wildman–Crippen MR) is 105 cm³/mol. The molecular formula is C21H18N4O2. The SMILES string of the molecule is COc1cncc(-c2ccc3ncc(-c4cccc(NC(C)=O)c4)n3c2)c1. The number of nitrogens with zero attached hydrogens (tertiary/aromatic N) is 3. The molecule has 0 fully saturated rings. The lowest BCUT2D eigenvalue weighted by molar-refractivity contribution is -0.114. The maximum atomic E-state index is 11.3. The molecule has 4 aromatic rings. The maximum Gasteiger partial charge on any atom is 0.221 e. The third-order valence-electron chi connectivity index (χ3n) is 4.27. The van der Waals surface area contributed by atoms with Crippen LogP contribution in [0.4, 0.5) is 5.69 Å². The summed E-state index contributed by atoms with van der Waals surface area (Å²) in [6.45, 7) is 1.50. The van der Waals surface area contributed by atoms with E-state index < -0.39 is 0 Å². The molecule has 0 atom stereocenters. The summed E-state index contributed by atoms with van der Waals surface area (Å²) in [5.74, 6) is 0.611. The molecule has 0 aliphatic carbocycles. The van der Waals surface area contributed by atoms with Gasteiger partial charge in [-0.3, -0.25) is 14.2 Å². The minimum atomic E-state index is -0.0990. The topological polar surface area (TPSA) is 68.5 Å². The number of ether oxygens (including phenoxy) is 1. The number of anilines is 1. The van der Waals surface area contributed by atoms with Crippen molar-refractivity contribution in [2.45, 2.75) is 6.92 Å². The molecular weight excluding hydrogens is 340 g/mol. The third-order valence-corrected chi connectivity index (χ3v) is 4.27. The summed E-state index contributed by atoms with van der Waals surface area (Å²) in [6, 6.07) is 13.6. The molecule has 3 aromatic heterocycles. The first kappa shape index (κ1) is 16.8. The second-order valence-electron chi connectivity index (χ2n) is 6.16. The number of pyridine rings is 2. The van der Waals surface area contributed by atoms with Gasteiger partial charge in [-0.1, -0.05) is 12.1 Å². The smallest absolute Gasteiger partial charge is 0.221 e. The molecule has 0 aliphatic rings. The van der Waals surface area contributed by atoms with E-state index >= 15 is 0 Å². The molecule has 0 saturated heterocycles. The zero-order valence-electron chi connectivity index (χ0n) is 15.0. The van der Waals surface area contributed by atoms with E-state index in [0.29, 0.717) is 5.75 Å². The van der Waals surface area contributed by atoms with Crippen LogP contribution >= 0.6 is 0 Å². The largest absolute Gasteiger partial charge is 0.495 e. The van der Waals surface area contributed by atoms with Crippen molar-refractivity contribution < 1.29 is 9.53 Å². The first-order chi connectivity index (χ1) is 13.1. The number of methoxy groups -OCH3 is 1. The Labute approximate surface area is 156 Å². The van der Waals surface area contributed by atoms with Gasteiger partial charge in [0.1, 0.15) is 11.4 Å². The Morgan fingerprint density at radius 3 is 2.74 bits per heavy atom. The number of hydrogen-bond donors (Lipinski definition) is 1. The number of aromatic nitrogens is 3. The Morgan fingerprint density at radius 1 is 1.04 bits per heavy atom. The molecule has 1 amide bonds. The Kier molecular flexibility index (Phi) is 4.30. The Hall–Kier alpha value is -3.67. The van der Waals surface area contributed by atoms with Gasteiger partial charge in [0, 0.05) is 41.7 Å². The number of benzene rings is 1. The van der Waals surface area contributed by atoms with Crippen LogP contribution in [0.15, 0.2) is 67.3 Å². The minimum absolute atomic E-state index is 0.0990. The first-order valence-corrected chi connectivity index (χ1v) is 8.48. The number of nitrogens with one attached hydrogen (secondary N) is 1. The van der Waals surface area contributed by atoms with E-state index in [-0.39, 0.29) is 5.91 Å². The number of fused-ring (bicyclic) bond motifs is 1. The molecule has 134 valence electrons. The Balaban J connectivity index is 1.80. The fraction of sp³-hybridized carbons (Fsp3) is 0.0952. The van der Waals surface area contributed by atoms with Crippen molar-refractivity contribution in [2.24, 2.45) is 0 Å². The number of carbonyl (C=O) groups is 1. The third kappa shape index (κ3) is 3.37. The number of amides is 1. The highest BCUT2D eigenvalue weighted by Crippen LogP contribution is 2.27. The zero-order chi connectivity index (χ0) is 18.8. The quantitative estimate of drug-likeness (QED) is 0.598. The molecule has 0 unspecified atom stereocenters.